The number of halogens is 2. The van der Waals surface area contributed by atoms with Gasteiger partial charge in [-0.15, -0.1) is 0 Å². The summed E-state index contributed by atoms with van der Waals surface area (Å²) >= 11 is 3.34. The van der Waals surface area contributed by atoms with E-state index >= 15 is 0 Å². The standard InChI is InChI=1S/C13H11BrFN/c1-16-11-5-2-9(3-6-11)12-8-10(14)4-7-13(12)15/h2-8,16H,1H3. The lowest BCUT2D eigenvalue weighted by molar-refractivity contribution is 0.631. The quantitative estimate of drug-likeness (QED) is 0.865. The zero-order chi connectivity index (χ0) is 11.5. The van der Waals surface area contributed by atoms with Gasteiger partial charge in [0.05, 0.1) is 0 Å². The van der Waals surface area contributed by atoms with Crippen LogP contribution in [0.25, 0.3) is 11.1 Å². The molecular formula is C13H11BrFN. The molecule has 0 spiro atoms. The van der Waals surface area contributed by atoms with Crippen LogP contribution in [0.5, 0.6) is 0 Å². The Labute approximate surface area is 102 Å². The van der Waals surface area contributed by atoms with Gasteiger partial charge in [0, 0.05) is 22.8 Å². The predicted molar refractivity (Wildman–Crippen MR) is 69.1 cm³/mol. The van der Waals surface area contributed by atoms with Crippen molar-refractivity contribution in [2.75, 3.05) is 12.4 Å². The Morgan fingerprint density at radius 2 is 1.75 bits per heavy atom. The second-order valence-electron chi connectivity index (χ2n) is 3.45. The maximum atomic E-state index is 13.6. The van der Waals surface area contributed by atoms with Gasteiger partial charge in [-0.3, -0.25) is 0 Å². The average molecular weight is 280 g/mol. The Hall–Kier alpha value is -1.35. The van der Waals surface area contributed by atoms with E-state index in [4.69, 9.17) is 0 Å². The van der Waals surface area contributed by atoms with Crippen LogP contribution < -0.4 is 5.32 Å². The van der Waals surface area contributed by atoms with Crippen molar-refractivity contribution in [1.29, 1.82) is 0 Å². The van der Waals surface area contributed by atoms with E-state index in [0.717, 1.165) is 15.7 Å². The summed E-state index contributed by atoms with van der Waals surface area (Å²) < 4.78 is 14.5. The van der Waals surface area contributed by atoms with Crippen molar-refractivity contribution < 1.29 is 4.39 Å². The van der Waals surface area contributed by atoms with Crippen LogP contribution in [-0.2, 0) is 0 Å². The molecule has 1 nitrogen and oxygen atoms in total. The van der Waals surface area contributed by atoms with E-state index in [9.17, 15) is 4.39 Å². The van der Waals surface area contributed by atoms with Crippen molar-refractivity contribution in [2.45, 2.75) is 0 Å². The minimum Gasteiger partial charge on any atom is -0.388 e. The lowest BCUT2D eigenvalue weighted by Gasteiger charge is -2.05. The fourth-order valence-corrected chi connectivity index (χ4v) is 1.90. The molecule has 0 radical (unpaired) electrons. The van der Waals surface area contributed by atoms with Gasteiger partial charge < -0.3 is 5.32 Å². The lowest BCUT2D eigenvalue weighted by atomic mass is 10.1. The first kappa shape index (κ1) is 11.1. The van der Waals surface area contributed by atoms with Crippen LogP contribution >= 0.6 is 15.9 Å². The molecule has 0 aliphatic heterocycles. The summed E-state index contributed by atoms with van der Waals surface area (Å²) in [6.07, 6.45) is 0. The Morgan fingerprint density at radius 1 is 1.06 bits per heavy atom. The van der Waals surface area contributed by atoms with Crippen LogP contribution in [-0.4, -0.2) is 7.05 Å². The van der Waals surface area contributed by atoms with Crippen molar-refractivity contribution >= 4 is 21.6 Å². The summed E-state index contributed by atoms with van der Waals surface area (Å²) in [5, 5.41) is 3.03. The molecule has 0 fully saturated rings. The Bertz CT molecular complexity index is 494. The van der Waals surface area contributed by atoms with Crippen molar-refractivity contribution in [3.05, 3.63) is 52.8 Å². The Balaban J connectivity index is 2.45. The highest BCUT2D eigenvalue weighted by Gasteiger charge is 2.05. The topological polar surface area (TPSA) is 12.0 Å². The zero-order valence-corrected chi connectivity index (χ0v) is 10.4. The van der Waals surface area contributed by atoms with Crippen LogP contribution in [0.15, 0.2) is 46.9 Å². The van der Waals surface area contributed by atoms with Gasteiger partial charge >= 0.3 is 0 Å². The number of nitrogens with one attached hydrogen (secondary N) is 1. The van der Waals surface area contributed by atoms with Crippen LogP contribution in [0.2, 0.25) is 0 Å². The third kappa shape index (κ3) is 2.25. The van der Waals surface area contributed by atoms with Gasteiger partial charge in [-0.2, -0.15) is 0 Å². The molecule has 2 aromatic rings. The fraction of sp³-hybridized carbons (Fsp3) is 0.0769. The molecule has 3 heteroatoms. The molecule has 82 valence electrons. The minimum absolute atomic E-state index is 0.208. The molecule has 0 bridgehead atoms. The molecule has 16 heavy (non-hydrogen) atoms. The minimum atomic E-state index is -0.208. The smallest absolute Gasteiger partial charge is 0.131 e. The van der Waals surface area contributed by atoms with Crippen molar-refractivity contribution in [1.82, 2.24) is 0 Å². The van der Waals surface area contributed by atoms with E-state index in [-0.39, 0.29) is 5.82 Å². The second-order valence-corrected chi connectivity index (χ2v) is 4.37. The summed E-state index contributed by atoms with van der Waals surface area (Å²) in [6, 6.07) is 12.6. The molecule has 0 aliphatic rings. The highest BCUT2D eigenvalue weighted by atomic mass is 79.9. The molecule has 1 N–H and O–H groups in total. The number of hydrogen-bond donors (Lipinski definition) is 1. The molecule has 0 unspecified atom stereocenters. The third-order valence-electron chi connectivity index (χ3n) is 2.41. The van der Waals surface area contributed by atoms with Crippen molar-refractivity contribution in [3.8, 4) is 11.1 Å². The summed E-state index contributed by atoms with van der Waals surface area (Å²) in [5.74, 6) is -0.208. The highest BCUT2D eigenvalue weighted by Crippen LogP contribution is 2.27. The van der Waals surface area contributed by atoms with E-state index in [1.807, 2.05) is 31.3 Å². The largest absolute Gasteiger partial charge is 0.388 e. The van der Waals surface area contributed by atoms with E-state index < -0.39 is 0 Å². The molecule has 0 aromatic heterocycles. The van der Waals surface area contributed by atoms with Gasteiger partial charge in [0.15, 0.2) is 0 Å². The molecular weight excluding hydrogens is 269 g/mol. The fourth-order valence-electron chi connectivity index (χ4n) is 1.54. The first-order valence-electron chi connectivity index (χ1n) is 4.94. The van der Waals surface area contributed by atoms with Crippen LogP contribution in [0.1, 0.15) is 0 Å². The Morgan fingerprint density at radius 3 is 2.38 bits per heavy atom. The molecule has 0 aliphatic carbocycles. The predicted octanol–water partition coefficient (Wildman–Crippen LogP) is 4.30. The SMILES string of the molecule is CNc1ccc(-c2cc(Br)ccc2F)cc1. The molecule has 0 saturated heterocycles. The zero-order valence-electron chi connectivity index (χ0n) is 8.80. The second kappa shape index (κ2) is 4.66. The van der Waals surface area contributed by atoms with Crippen molar-refractivity contribution in [2.24, 2.45) is 0 Å². The number of benzene rings is 2. The van der Waals surface area contributed by atoms with E-state index in [2.05, 4.69) is 21.2 Å². The molecule has 0 atom stereocenters. The number of anilines is 1. The molecule has 0 saturated carbocycles. The summed E-state index contributed by atoms with van der Waals surface area (Å²) in [6.45, 7) is 0. The normalized spacial score (nSPS) is 10.2. The van der Waals surface area contributed by atoms with Gasteiger partial charge in [0.1, 0.15) is 5.82 Å². The highest BCUT2D eigenvalue weighted by molar-refractivity contribution is 9.10. The summed E-state index contributed by atoms with van der Waals surface area (Å²) in [5.41, 5.74) is 2.49. The van der Waals surface area contributed by atoms with E-state index in [1.54, 1.807) is 12.1 Å². The Kier molecular flexibility index (Phi) is 3.25. The molecule has 0 heterocycles. The molecule has 2 aromatic carbocycles. The molecule has 2 rings (SSSR count). The number of hydrogen-bond acceptors (Lipinski definition) is 1. The maximum absolute atomic E-state index is 13.6. The van der Waals surface area contributed by atoms with Gasteiger partial charge in [-0.25, -0.2) is 4.39 Å². The van der Waals surface area contributed by atoms with Gasteiger partial charge in [0.25, 0.3) is 0 Å². The van der Waals surface area contributed by atoms with Gasteiger partial charge in [-0.05, 0) is 35.9 Å². The van der Waals surface area contributed by atoms with Crippen LogP contribution in [0.4, 0.5) is 10.1 Å². The van der Waals surface area contributed by atoms with Gasteiger partial charge in [0.2, 0.25) is 0 Å². The monoisotopic (exact) mass is 279 g/mol. The lowest BCUT2D eigenvalue weighted by Crippen LogP contribution is -1.88. The molecule has 0 amide bonds. The van der Waals surface area contributed by atoms with Gasteiger partial charge in [-0.1, -0.05) is 28.1 Å². The number of rotatable bonds is 2. The van der Waals surface area contributed by atoms with E-state index in [1.165, 1.54) is 6.07 Å². The summed E-state index contributed by atoms with van der Waals surface area (Å²) in [4.78, 5) is 0. The van der Waals surface area contributed by atoms with Crippen LogP contribution in [0, 0.1) is 5.82 Å². The maximum Gasteiger partial charge on any atom is 0.131 e. The van der Waals surface area contributed by atoms with Crippen LogP contribution in [0.3, 0.4) is 0 Å². The first-order chi connectivity index (χ1) is 7.70. The third-order valence-corrected chi connectivity index (χ3v) is 2.91. The van der Waals surface area contributed by atoms with E-state index in [0.29, 0.717) is 5.56 Å². The summed E-state index contributed by atoms with van der Waals surface area (Å²) in [7, 11) is 1.86. The average Bonchev–Trinajstić information content (AvgIpc) is 2.32. The first-order valence-corrected chi connectivity index (χ1v) is 5.73. The van der Waals surface area contributed by atoms with Crippen molar-refractivity contribution in [3.63, 3.8) is 0 Å².